The van der Waals surface area contributed by atoms with E-state index >= 15 is 0 Å². The first kappa shape index (κ1) is 14.4. The average molecular weight is 262 g/mol. The Morgan fingerprint density at radius 2 is 2.12 bits per heavy atom. The highest BCUT2D eigenvalue weighted by atomic mass is 32.2. The summed E-state index contributed by atoms with van der Waals surface area (Å²) in [6.45, 7) is 4.01. The molecule has 1 aliphatic rings. The largest absolute Gasteiger partial charge is 0.341 e. The second-order valence-corrected chi connectivity index (χ2v) is 6.97. The van der Waals surface area contributed by atoms with Crippen molar-refractivity contribution in [2.45, 2.75) is 32.2 Å². The number of nitrogens with one attached hydrogen (secondary N) is 1. The van der Waals surface area contributed by atoms with Crippen LogP contribution in [0.25, 0.3) is 0 Å². The van der Waals surface area contributed by atoms with E-state index in [4.69, 9.17) is 0 Å². The van der Waals surface area contributed by atoms with Gasteiger partial charge in [0.1, 0.15) is 9.84 Å². The van der Waals surface area contributed by atoms with Gasteiger partial charge in [-0.25, -0.2) is 8.42 Å². The van der Waals surface area contributed by atoms with Crippen molar-refractivity contribution in [2.75, 3.05) is 31.6 Å². The highest BCUT2D eigenvalue weighted by Crippen LogP contribution is 2.09. The summed E-state index contributed by atoms with van der Waals surface area (Å²) in [5.41, 5.74) is 0. The number of piperidine rings is 1. The second kappa shape index (κ2) is 6.35. The lowest BCUT2D eigenvalue weighted by atomic mass is 10.1. The summed E-state index contributed by atoms with van der Waals surface area (Å²) < 4.78 is 22.1. The number of likely N-dealkylation sites (tertiary alicyclic amines) is 1. The first-order chi connectivity index (χ1) is 7.88. The van der Waals surface area contributed by atoms with Gasteiger partial charge in [-0.05, 0) is 19.8 Å². The van der Waals surface area contributed by atoms with E-state index in [-0.39, 0.29) is 17.7 Å². The average Bonchev–Trinajstić information content (AvgIpc) is 2.18. The molecule has 1 unspecified atom stereocenters. The van der Waals surface area contributed by atoms with Crippen LogP contribution in [-0.2, 0) is 14.6 Å². The highest BCUT2D eigenvalue weighted by Gasteiger charge is 2.17. The fraction of sp³-hybridized carbons (Fsp3) is 0.909. The van der Waals surface area contributed by atoms with E-state index in [2.05, 4.69) is 5.32 Å². The topological polar surface area (TPSA) is 66.5 Å². The number of nitrogens with zero attached hydrogens (tertiary/aromatic N) is 1. The van der Waals surface area contributed by atoms with Gasteiger partial charge in [0, 0.05) is 38.4 Å². The van der Waals surface area contributed by atoms with Gasteiger partial charge in [0.05, 0.1) is 5.75 Å². The third-order valence-electron chi connectivity index (χ3n) is 2.85. The maximum absolute atomic E-state index is 11.5. The molecule has 0 saturated carbocycles. The van der Waals surface area contributed by atoms with Gasteiger partial charge in [0.15, 0.2) is 0 Å². The fourth-order valence-corrected chi connectivity index (χ4v) is 3.08. The van der Waals surface area contributed by atoms with E-state index in [0.717, 1.165) is 19.4 Å². The van der Waals surface area contributed by atoms with Crippen LogP contribution in [0.3, 0.4) is 0 Å². The van der Waals surface area contributed by atoms with E-state index in [0.29, 0.717) is 19.5 Å². The minimum atomic E-state index is -2.93. The molecule has 1 rings (SSSR count). The van der Waals surface area contributed by atoms with E-state index in [1.807, 2.05) is 11.8 Å². The summed E-state index contributed by atoms with van der Waals surface area (Å²) >= 11 is 0. The predicted octanol–water partition coefficient (Wildman–Crippen LogP) is 0.0216. The molecule has 0 spiro atoms. The van der Waals surface area contributed by atoms with Gasteiger partial charge >= 0.3 is 0 Å². The van der Waals surface area contributed by atoms with Gasteiger partial charge in [-0.1, -0.05) is 0 Å². The van der Waals surface area contributed by atoms with Gasteiger partial charge in [-0.3, -0.25) is 4.79 Å². The first-order valence-corrected chi connectivity index (χ1v) is 8.13. The summed E-state index contributed by atoms with van der Waals surface area (Å²) in [6, 6.07) is -0.0649. The van der Waals surface area contributed by atoms with Crippen molar-refractivity contribution in [1.29, 1.82) is 0 Å². The van der Waals surface area contributed by atoms with E-state index in [9.17, 15) is 13.2 Å². The lowest BCUT2D eigenvalue weighted by Crippen LogP contribution is -2.42. The van der Waals surface area contributed by atoms with Crippen LogP contribution in [0.4, 0.5) is 0 Å². The zero-order valence-electron chi connectivity index (χ0n) is 10.6. The summed E-state index contributed by atoms with van der Waals surface area (Å²) in [5.74, 6) is 0.356. The summed E-state index contributed by atoms with van der Waals surface area (Å²) in [7, 11) is -2.93. The maximum atomic E-state index is 11.5. The molecule has 6 heteroatoms. The zero-order valence-corrected chi connectivity index (χ0v) is 11.4. The van der Waals surface area contributed by atoms with Crippen molar-refractivity contribution in [3.05, 3.63) is 0 Å². The first-order valence-electron chi connectivity index (χ1n) is 6.07. The maximum Gasteiger partial charge on any atom is 0.222 e. The molecule has 0 bridgehead atoms. The molecular weight excluding hydrogens is 240 g/mol. The van der Waals surface area contributed by atoms with E-state index < -0.39 is 9.84 Å². The molecule has 0 aromatic heterocycles. The van der Waals surface area contributed by atoms with Crippen LogP contribution in [-0.4, -0.2) is 56.9 Å². The molecule has 1 heterocycles. The number of sulfone groups is 1. The zero-order chi connectivity index (χ0) is 12.9. The monoisotopic (exact) mass is 262 g/mol. The molecule has 17 heavy (non-hydrogen) atoms. The molecule has 1 N–H and O–H groups in total. The Kier molecular flexibility index (Phi) is 5.39. The van der Waals surface area contributed by atoms with Crippen molar-refractivity contribution in [3.8, 4) is 0 Å². The van der Waals surface area contributed by atoms with Crippen LogP contribution in [0, 0.1) is 0 Å². The molecule has 5 nitrogen and oxygen atoms in total. The number of carbonyl (C=O) groups is 1. The second-order valence-electron chi connectivity index (χ2n) is 4.79. The number of amides is 1. The number of carbonyl (C=O) groups excluding carboxylic acids is 1. The van der Waals surface area contributed by atoms with Crippen molar-refractivity contribution in [2.24, 2.45) is 0 Å². The Hall–Kier alpha value is -0.620. The smallest absolute Gasteiger partial charge is 0.222 e. The Morgan fingerprint density at radius 1 is 1.41 bits per heavy atom. The third kappa shape index (κ3) is 6.02. The van der Waals surface area contributed by atoms with Crippen LogP contribution < -0.4 is 5.32 Å². The SMILES string of the molecule is CC(CS(C)(=O)=O)NCCN1CCCCC1=O. The van der Waals surface area contributed by atoms with Gasteiger partial charge in [-0.2, -0.15) is 0 Å². The lowest BCUT2D eigenvalue weighted by molar-refractivity contribution is -0.133. The van der Waals surface area contributed by atoms with Gasteiger partial charge < -0.3 is 10.2 Å². The molecule has 0 aromatic carbocycles. The standard InChI is InChI=1S/C11H22N2O3S/c1-10(9-17(2,15)16)12-6-8-13-7-4-3-5-11(13)14/h10,12H,3-9H2,1-2H3. The highest BCUT2D eigenvalue weighted by molar-refractivity contribution is 7.90. The lowest BCUT2D eigenvalue weighted by Gasteiger charge is -2.27. The van der Waals surface area contributed by atoms with Gasteiger partial charge in [0.2, 0.25) is 5.91 Å². The fourth-order valence-electron chi connectivity index (χ4n) is 2.06. The molecule has 1 atom stereocenters. The minimum absolute atomic E-state index is 0.0649. The minimum Gasteiger partial charge on any atom is -0.341 e. The van der Waals surface area contributed by atoms with Gasteiger partial charge in [0.25, 0.3) is 0 Å². The third-order valence-corrected chi connectivity index (χ3v) is 3.95. The van der Waals surface area contributed by atoms with Crippen molar-refractivity contribution in [3.63, 3.8) is 0 Å². The molecule has 1 saturated heterocycles. The molecule has 0 aromatic rings. The predicted molar refractivity (Wildman–Crippen MR) is 67.6 cm³/mol. The molecular formula is C11H22N2O3S. The Balaban J connectivity index is 2.20. The Bertz CT molecular complexity index is 354. The molecule has 1 amide bonds. The Labute approximate surface area is 103 Å². The summed E-state index contributed by atoms with van der Waals surface area (Å²) in [5, 5.41) is 3.13. The number of rotatable bonds is 6. The molecule has 0 radical (unpaired) electrons. The molecule has 1 aliphatic heterocycles. The van der Waals surface area contributed by atoms with Crippen molar-refractivity contribution >= 4 is 15.7 Å². The van der Waals surface area contributed by atoms with Crippen molar-refractivity contribution < 1.29 is 13.2 Å². The van der Waals surface area contributed by atoms with Crippen LogP contribution >= 0.6 is 0 Å². The van der Waals surface area contributed by atoms with Gasteiger partial charge in [-0.15, -0.1) is 0 Å². The quantitative estimate of drug-likeness (QED) is 0.733. The van der Waals surface area contributed by atoms with Crippen LogP contribution in [0.2, 0.25) is 0 Å². The Morgan fingerprint density at radius 3 is 2.71 bits per heavy atom. The number of hydrogen-bond donors (Lipinski definition) is 1. The van der Waals surface area contributed by atoms with Crippen LogP contribution in [0.15, 0.2) is 0 Å². The summed E-state index contributed by atoms with van der Waals surface area (Å²) in [6.07, 6.45) is 3.95. The molecule has 0 aliphatic carbocycles. The van der Waals surface area contributed by atoms with Crippen LogP contribution in [0.1, 0.15) is 26.2 Å². The summed E-state index contributed by atoms with van der Waals surface area (Å²) in [4.78, 5) is 13.4. The van der Waals surface area contributed by atoms with Crippen LogP contribution in [0.5, 0.6) is 0 Å². The number of hydrogen-bond acceptors (Lipinski definition) is 4. The molecule has 1 fully saturated rings. The molecule has 100 valence electrons. The normalized spacial score (nSPS) is 19.4. The van der Waals surface area contributed by atoms with E-state index in [1.165, 1.54) is 6.26 Å². The van der Waals surface area contributed by atoms with E-state index in [1.54, 1.807) is 0 Å². The van der Waals surface area contributed by atoms with Crippen molar-refractivity contribution in [1.82, 2.24) is 10.2 Å².